The zero-order valence-electron chi connectivity index (χ0n) is 10.7. The standard InChI is InChI=1S/C14H15Cl2NO2/c1-9(17-18-2)8-19-14-12(15)7-10-5-3-4-6-11(10)13(14)16/h3-7,9,17H,8H2,1-2H3. The van der Waals surface area contributed by atoms with Gasteiger partial charge in [-0.2, -0.15) is 5.48 Å². The summed E-state index contributed by atoms with van der Waals surface area (Å²) >= 11 is 12.6. The highest BCUT2D eigenvalue weighted by Gasteiger charge is 2.13. The Kier molecular flexibility index (Phi) is 4.88. The molecule has 0 fully saturated rings. The second-order valence-electron chi connectivity index (χ2n) is 4.26. The maximum atomic E-state index is 6.35. The first kappa shape index (κ1) is 14.4. The van der Waals surface area contributed by atoms with E-state index in [1.165, 1.54) is 0 Å². The van der Waals surface area contributed by atoms with E-state index in [0.29, 0.717) is 22.4 Å². The zero-order valence-corrected chi connectivity index (χ0v) is 12.3. The van der Waals surface area contributed by atoms with Gasteiger partial charge in [-0.25, -0.2) is 0 Å². The Bertz CT molecular complexity index is 575. The maximum Gasteiger partial charge on any atom is 0.157 e. The molecule has 0 bridgehead atoms. The molecular formula is C14H15Cl2NO2. The lowest BCUT2D eigenvalue weighted by atomic mass is 10.1. The van der Waals surface area contributed by atoms with E-state index in [1.807, 2.05) is 37.3 Å². The number of hydroxylamine groups is 1. The summed E-state index contributed by atoms with van der Waals surface area (Å²) in [7, 11) is 1.56. The SMILES string of the molecule is CONC(C)COc1c(Cl)cc2ccccc2c1Cl. The summed E-state index contributed by atoms with van der Waals surface area (Å²) in [6.07, 6.45) is 0. The fourth-order valence-electron chi connectivity index (χ4n) is 1.83. The van der Waals surface area contributed by atoms with Gasteiger partial charge < -0.3 is 9.57 Å². The Balaban J connectivity index is 2.27. The molecule has 0 aliphatic rings. The van der Waals surface area contributed by atoms with Gasteiger partial charge >= 0.3 is 0 Å². The van der Waals surface area contributed by atoms with E-state index < -0.39 is 0 Å². The van der Waals surface area contributed by atoms with Crippen LogP contribution in [-0.4, -0.2) is 19.8 Å². The van der Waals surface area contributed by atoms with Crippen molar-refractivity contribution < 1.29 is 9.57 Å². The summed E-state index contributed by atoms with van der Waals surface area (Å²) in [5, 5.41) is 2.96. The van der Waals surface area contributed by atoms with Crippen LogP contribution in [0.2, 0.25) is 10.0 Å². The number of fused-ring (bicyclic) bond motifs is 1. The summed E-state index contributed by atoms with van der Waals surface area (Å²) in [5.74, 6) is 0.506. The molecule has 2 aromatic carbocycles. The molecule has 5 heteroatoms. The Morgan fingerprint density at radius 2 is 2.00 bits per heavy atom. The molecule has 1 unspecified atom stereocenters. The summed E-state index contributed by atoms with van der Waals surface area (Å²) < 4.78 is 5.68. The first-order chi connectivity index (χ1) is 9.13. The smallest absolute Gasteiger partial charge is 0.157 e. The van der Waals surface area contributed by atoms with Crippen LogP contribution in [0.1, 0.15) is 6.92 Å². The molecule has 0 spiro atoms. The van der Waals surface area contributed by atoms with Crippen molar-refractivity contribution in [3.63, 3.8) is 0 Å². The molecule has 1 N–H and O–H groups in total. The molecule has 0 aliphatic heterocycles. The molecular weight excluding hydrogens is 285 g/mol. The Labute approximate surface area is 122 Å². The van der Waals surface area contributed by atoms with E-state index in [1.54, 1.807) is 7.11 Å². The third kappa shape index (κ3) is 3.31. The lowest BCUT2D eigenvalue weighted by Gasteiger charge is -2.16. The number of hydrogen-bond acceptors (Lipinski definition) is 3. The monoisotopic (exact) mass is 299 g/mol. The first-order valence-electron chi connectivity index (χ1n) is 5.91. The largest absolute Gasteiger partial charge is 0.489 e. The van der Waals surface area contributed by atoms with Gasteiger partial charge in [0.1, 0.15) is 6.61 Å². The highest BCUT2D eigenvalue weighted by molar-refractivity contribution is 6.41. The molecule has 2 rings (SSSR count). The summed E-state index contributed by atoms with van der Waals surface area (Å²) in [6, 6.07) is 9.67. The minimum atomic E-state index is 0.0311. The number of ether oxygens (including phenoxy) is 1. The Hall–Kier alpha value is -1.00. The van der Waals surface area contributed by atoms with E-state index in [4.69, 9.17) is 32.8 Å². The highest BCUT2D eigenvalue weighted by atomic mass is 35.5. The van der Waals surface area contributed by atoms with Crippen LogP contribution in [-0.2, 0) is 4.84 Å². The summed E-state index contributed by atoms with van der Waals surface area (Å²) in [4.78, 5) is 4.83. The molecule has 19 heavy (non-hydrogen) atoms. The van der Waals surface area contributed by atoms with Gasteiger partial charge in [-0.05, 0) is 18.4 Å². The van der Waals surface area contributed by atoms with Gasteiger partial charge in [0.05, 0.1) is 23.2 Å². The van der Waals surface area contributed by atoms with Crippen LogP contribution in [0.3, 0.4) is 0 Å². The van der Waals surface area contributed by atoms with Crippen LogP contribution in [0.4, 0.5) is 0 Å². The fraction of sp³-hybridized carbons (Fsp3) is 0.286. The number of halogens is 2. The van der Waals surface area contributed by atoms with Crippen molar-refractivity contribution in [2.45, 2.75) is 13.0 Å². The first-order valence-corrected chi connectivity index (χ1v) is 6.67. The molecule has 0 saturated carbocycles. The molecule has 0 aliphatic carbocycles. The lowest BCUT2D eigenvalue weighted by molar-refractivity contribution is 0.0502. The van der Waals surface area contributed by atoms with Crippen molar-refractivity contribution in [2.24, 2.45) is 0 Å². The van der Waals surface area contributed by atoms with E-state index in [0.717, 1.165) is 10.8 Å². The van der Waals surface area contributed by atoms with Crippen molar-refractivity contribution in [3.8, 4) is 5.75 Å². The molecule has 0 saturated heterocycles. The number of hydrogen-bond donors (Lipinski definition) is 1. The fourth-order valence-corrected chi connectivity index (χ4v) is 2.47. The van der Waals surface area contributed by atoms with E-state index in [2.05, 4.69) is 5.48 Å². The molecule has 0 amide bonds. The minimum Gasteiger partial charge on any atom is -0.489 e. The maximum absolute atomic E-state index is 6.35. The molecule has 2 aromatic rings. The van der Waals surface area contributed by atoms with Crippen LogP contribution < -0.4 is 10.2 Å². The van der Waals surface area contributed by atoms with Crippen molar-refractivity contribution >= 4 is 34.0 Å². The van der Waals surface area contributed by atoms with Crippen LogP contribution in [0.5, 0.6) is 5.75 Å². The predicted molar refractivity (Wildman–Crippen MR) is 79.1 cm³/mol. The highest BCUT2D eigenvalue weighted by Crippen LogP contribution is 2.39. The van der Waals surface area contributed by atoms with Gasteiger partial charge in [0.2, 0.25) is 0 Å². The van der Waals surface area contributed by atoms with Crippen molar-refractivity contribution in [3.05, 3.63) is 40.4 Å². The van der Waals surface area contributed by atoms with Crippen LogP contribution in [0.25, 0.3) is 10.8 Å². The molecule has 0 aromatic heterocycles. The van der Waals surface area contributed by atoms with Gasteiger partial charge in [-0.15, -0.1) is 0 Å². The van der Waals surface area contributed by atoms with Crippen LogP contribution >= 0.6 is 23.2 Å². The number of nitrogens with one attached hydrogen (secondary N) is 1. The summed E-state index contributed by atoms with van der Waals surface area (Å²) in [6.45, 7) is 2.35. The topological polar surface area (TPSA) is 30.5 Å². The Morgan fingerprint density at radius 1 is 1.26 bits per heavy atom. The quantitative estimate of drug-likeness (QED) is 0.845. The second-order valence-corrected chi connectivity index (χ2v) is 5.04. The van der Waals surface area contributed by atoms with E-state index in [9.17, 15) is 0 Å². The lowest BCUT2D eigenvalue weighted by Crippen LogP contribution is -2.30. The average molecular weight is 300 g/mol. The van der Waals surface area contributed by atoms with E-state index >= 15 is 0 Å². The summed E-state index contributed by atoms with van der Waals surface area (Å²) in [5.41, 5.74) is 2.78. The van der Waals surface area contributed by atoms with Crippen molar-refractivity contribution in [2.75, 3.05) is 13.7 Å². The van der Waals surface area contributed by atoms with Gasteiger partial charge in [-0.3, -0.25) is 0 Å². The molecule has 3 nitrogen and oxygen atoms in total. The molecule has 102 valence electrons. The third-order valence-electron chi connectivity index (χ3n) is 2.69. The molecule has 0 radical (unpaired) electrons. The normalized spacial score (nSPS) is 12.6. The van der Waals surface area contributed by atoms with Gasteiger partial charge in [-0.1, -0.05) is 47.5 Å². The number of rotatable bonds is 5. The van der Waals surface area contributed by atoms with Gasteiger partial charge in [0, 0.05) is 5.39 Å². The Morgan fingerprint density at radius 3 is 2.74 bits per heavy atom. The zero-order chi connectivity index (χ0) is 13.8. The molecule has 0 heterocycles. The van der Waals surface area contributed by atoms with Gasteiger partial charge in [0.15, 0.2) is 5.75 Å². The minimum absolute atomic E-state index is 0.0311. The third-order valence-corrected chi connectivity index (χ3v) is 3.35. The van der Waals surface area contributed by atoms with Crippen LogP contribution in [0.15, 0.2) is 30.3 Å². The van der Waals surface area contributed by atoms with Crippen LogP contribution in [0, 0.1) is 0 Å². The second kappa shape index (κ2) is 6.44. The van der Waals surface area contributed by atoms with E-state index in [-0.39, 0.29) is 6.04 Å². The predicted octanol–water partition coefficient (Wildman–Crippen LogP) is 4.06. The van der Waals surface area contributed by atoms with Crippen molar-refractivity contribution in [1.29, 1.82) is 0 Å². The van der Waals surface area contributed by atoms with Crippen molar-refractivity contribution in [1.82, 2.24) is 5.48 Å². The average Bonchev–Trinajstić information content (AvgIpc) is 2.39. The molecule has 1 atom stereocenters. The number of benzene rings is 2. The van der Waals surface area contributed by atoms with Gasteiger partial charge in [0.25, 0.3) is 0 Å².